The lowest BCUT2D eigenvalue weighted by molar-refractivity contribution is -0.0396. The second-order valence-electron chi connectivity index (χ2n) is 9.86. The summed E-state index contributed by atoms with van der Waals surface area (Å²) in [5, 5.41) is 0.949. The lowest BCUT2D eigenvalue weighted by atomic mass is 9.90. The van der Waals surface area contributed by atoms with Crippen LogP contribution in [0.4, 0.5) is 5.82 Å². The number of carbonyl (C=O) groups excluding carboxylic acids is 1. The van der Waals surface area contributed by atoms with E-state index in [4.69, 9.17) is 24.2 Å². The summed E-state index contributed by atoms with van der Waals surface area (Å²) in [5.41, 5.74) is 3.50. The number of morpholine rings is 1. The van der Waals surface area contributed by atoms with E-state index in [1.807, 2.05) is 0 Å². The molecule has 0 spiro atoms. The van der Waals surface area contributed by atoms with E-state index in [1.165, 1.54) is 15.9 Å². The number of esters is 1. The Labute approximate surface area is 217 Å². The fourth-order valence-corrected chi connectivity index (χ4v) is 6.13. The summed E-state index contributed by atoms with van der Waals surface area (Å²) < 4.78 is 18.9. The Morgan fingerprint density at radius 1 is 1.16 bits per heavy atom. The third-order valence-electron chi connectivity index (χ3n) is 6.90. The lowest BCUT2D eigenvalue weighted by Gasteiger charge is -2.36. The van der Waals surface area contributed by atoms with Gasteiger partial charge in [0.25, 0.3) is 5.56 Å². The van der Waals surface area contributed by atoms with Crippen molar-refractivity contribution in [2.24, 2.45) is 0 Å². The molecule has 37 heavy (non-hydrogen) atoms. The molecule has 0 amide bonds. The van der Waals surface area contributed by atoms with Crippen molar-refractivity contribution in [1.82, 2.24) is 14.5 Å². The number of aromatic nitrogens is 3. The Bertz CT molecular complexity index is 1570. The predicted octanol–water partition coefficient (Wildman–Crippen LogP) is 3.86. The molecule has 10 heteroatoms. The number of ether oxygens (including phenoxy) is 3. The van der Waals surface area contributed by atoms with Crippen LogP contribution in [0, 0.1) is 0 Å². The van der Waals surface area contributed by atoms with Crippen LogP contribution < -0.4 is 10.5 Å². The van der Waals surface area contributed by atoms with Crippen molar-refractivity contribution in [2.45, 2.75) is 39.4 Å². The molecule has 1 fully saturated rings. The van der Waals surface area contributed by atoms with E-state index in [9.17, 15) is 9.59 Å². The molecule has 4 aromatic rings. The second-order valence-corrected chi connectivity index (χ2v) is 10.9. The molecular formula is C27H28N4O5S. The molecule has 2 aliphatic rings. The van der Waals surface area contributed by atoms with Gasteiger partial charge < -0.3 is 19.1 Å². The van der Waals surface area contributed by atoms with Crippen molar-refractivity contribution in [1.29, 1.82) is 0 Å². The van der Waals surface area contributed by atoms with Gasteiger partial charge in [-0.2, -0.15) is 0 Å². The van der Waals surface area contributed by atoms with Gasteiger partial charge in [-0.25, -0.2) is 14.8 Å². The summed E-state index contributed by atoms with van der Waals surface area (Å²) in [6.07, 6.45) is 2.27. The van der Waals surface area contributed by atoms with Gasteiger partial charge in [-0.1, -0.05) is 0 Å². The molecule has 1 aromatic carbocycles. The Kier molecular flexibility index (Phi) is 5.97. The van der Waals surface area contributed by atoms with Crippen molar-refractivity contribution in [2.75, 3.05) is 37.8 Å². The highest BCUT2D eigenvalue weighted by Crippen LogP contribution is 2.42. The zero-order chi connectivity index (χ0) is 25.7. The number of anilines is 1. The van der Waals surface area contributed by atoms with E-state index < -0.39 is 5.97 Å². The zero-order valence-electron chi connectivity index (χ0n) is 21.1. The number of benzene rings is 1. The molecule has 0 bridgehead atoms. The van der Waals surface area contributed by atoms with Crippen LogP contribution in [-0.2, 0) is 27.2 Å². The molecule has 2 aliphatic heterocycles. The van der Waals surface area contributed by atoms with Crippen molar-refractivity contribution in [3.8, 4) is 5.69 Å². The number of nitrogens with zero attached hydrogens (tertiary/aromatic N) is 4. The van der Waals surface area contributed by atoms with E-state index in [0.29, 0.717) is 54.3 Å². The number of fused-ring (bicyclic) bond motifs is 5. The monoisotopic (exact) mass is 520 g/mol. The third kappa shape index (κ3) is 4.18. The zero-order valence-corrected chi connectivity index (χ0v) is 21.9. The standard InChI is InChI=1S/C27H28N4O5S/c1-4-35-26(33)16-5-7-17(8-6-16)31-15-28-21-20-18-13-27(2,3)36-14-19(18)23(30-9-11-34-12-10-30)29-24(20)37-22(21)25(31)32/h5-8,15H,4,9-14H2,1-3H3. The molecule has 0 aliphatic carbocycles. The molecule has 1 saturated heterocycles. The Balaban J connectivity index is 1.50. The topological polar surface area (TPSA) is 95.8 Å². The quantitative estimate of drug-likeness (QED) is 0.375. The molecular weight excluding hydrogens is 492 g/mol. The fourth-order valence-electron chi connectivity index (χ4n) is 5.04. The van der Waals surface area contributed by atoms with E-state index in [2.05, 4.69) is 18.7 Å². The van der Waals surface area contributed by atoms with Gasteiger partial charge in [0.2, 0.25) is 0 Å². The first kappa shape index (κ1) is 24.0. The highest BCUT2D eigenvalue weighted by atomic mass is 32.1. The summed E-state index contributed by atoms with van der Waals surface area (Å²) in [4.78, 5) is 38.6. The maximum atomic E-state index is 13.7. The minimum absolute atomic E-state index is 0.162. The molecule has 0 unspecified atom stereocenters. The SMILES string of the molecule is CCOC(=O)c1ccc(-n2cnc3c(sc4nc(N5CCOCC5)c5c(c43)CC(C)(C)OC5)c2=O)cc1. The summed E-state index contributed by atoms with van der Waals surface area (Å²) >= 11 is 1.38. The van der Waals surface area contributed by atoms with E-state index in [-0.39, 0.29) is 11.2 Å². The summed E-state index contributed by atoms with van der Waals surface area (Å²) in [6.45, 7) is 9.58. The van der Waals surface area contributed by atoms with Crippen LogP contribution in [0.2, 0.25) is 0 Å². The van der Waals surface area contributed by atoms with Crippen LogP contribution in [0.1, 0.15) is 42.3 Å². The van der Waals surface area contributed by atoms with Crippen molar-refractivity contribution in [3.63, 3.8) is 0 Å². The van der Waals surface area contributed by atoms with E-state index >= 15 is 0 Å². The number of pyridine rings is 1. The minimum atomic E-state index is -0.390. The molecule has 192 valence electrons. The number of rotatable bonds is 4. The van der Waals surface area contributed by atoms with E-state index in [0.717, 1.165) is 40.3 Å². The minimum Gasteiger partial charge on any atom is -0.462 e. The number of hydrogen-bond donors (Lipinski definition) is 0. The van der Waals surface area contributed by atoms with Gasteiger partial charge in [0.1, 0.15) is 21.7 Å². The Morgan fingerprint density at radius 3 is 2.65 bits per heavy atom. The molecule has 9 nitrogen and oxygen atoms in total. The maximum Gasteiger partial charge on any atom is 0.338 e. The van der Waals surface area contributed by atoms with Crippen molar-refractivity contribution in [3.05, 3.63) is 57.6 Å². The first-order valence-corrected chi connectivity index (χ1v) is 13.3. The number of thiophene rings is 1. The van der Waals surface area contributed by atoms with Gasteiger partial charge in [-0.3, -0.25) is 9.36 Å². The second kappa shape index (κ2) is 9.20. The summed E-state index contributed by atoms with van der Waals surface area (Å²) in [7, 11) is 0. The van der Waals surface area contributed by atoms with Crippen LogP contribution in [0.3, 0.4) is 0 Å². The summed E-state index contributed by atoms with van der Waals surface area (Å²) in [5.74, 6) is 0.529. The first-order valence-electron chi connectivity index (χ1n) is 12.5. The molecule has 3 aromatic heterocycles. The highest BCUT2D eigenvalue weighted by Gasteiger charge is 2.33. The van der Waals surface area contributed by atoms with Gasteiger partial charge in [-0.05, 0) is 50.6 Å². The number of hydrogen-bond acceptors (Lipinski definition) is 9. The Morgan fingerprint density at radius 2 is 1.92 bits per heavy atom. The average molecular weight is 521 g/mol. The van der Waals surface area contributed by atoms with Crippen LogP contribution in [0.5, 0.6) is 0 Å². The van der Waals surface area contributed by atoms with E-state index in [1.54, 1.807) is 37.5 Å². The molecule has 6 rings (SSSR count). The molecule has 0 atom stereocenters. The van der Waals surface area contributed by atoms with Gasteiger partial charge in [0.05, 0.1) is 48.8 Å². The first-order chi connectivity index (χ1) is 17.9. The molecule has 0 N–H and O–H groups in total. The van der Waals surface area contributed by atoms with Crippen molar-refractivity contribution >= 4 is 43.6 Å². The normalized spacial score (nSPS) is 17.2. The molecule has 0 saturated carbocycles. The van der Waals surface area contributed by atoms with Gasteiger partial charge >= 0.3 is 5.97 Å². The van der Waals surface area contributed by atoms with Crippen LogP contribution in [0.15, 0.2) is 35.4 Å². The molecule has 0 radical (unpaired) electrons. The highest BCUT2D eigenvalue weighted by molar-refractivity contribution is 7.25. The average Bonchev–Trinajstić information content (AvgIpc) is 3.28. The van der Waals surface area contributed by atoms with Crippen LogP contribution in [-0.4, -0.2) is 59.0 Å². The van der Waals surface area contributed by atoms with Crippen LogP contribution in [0.25, 0.3) is 26.1 Å². The number of carbonyl (C=O) groups is 1. The van der Waals surface area contributed by atoms with Gasteiger partial charge in [0.15, 0.2) is 0 Å². The summed E-state index contributed by atoms with van der Waals surface area (Å²) in [6, 6.07) is 6.77. The maximum absolute atomic E-state index is 13.7. The van der Waals surface area contributed by atoms with Crippen molar-refractivity contribution < 1.29 is 19.0 Å². The van der Waals surface area contributed by atoms with Crippen LogP contribution >= 0.6 is 11.3 Å². The lowest BCUT2D eigenvalue weighted by Crippen LogP contribution is -2.39. The third-order valence-corrected chi connectivity index (χ3v) is 7.96. The smallest absolute Gasteiger partial charge is 0.338 e. The molecule has 5 heterocycles. The largest absolute Gasteiger partial charge is 0.462 e. The fraction of sp³-hybridized carbons (Fsp3) is 0.407. The van der Waals surface area contributed by atoms with Gasteiger partial charge in [-0.15, -0.1) is 11.3 Å². The van der Waals surface area contributed by atoms with Gasteiger partial charge in [0, 0.05) is 30.5 Å². The Hall–Kier alpha value is -3.34. The predicted molar refractivity (Wildman–Crippen MR) is 142 cm³/mol.